The lowest BCUT2D eigenvalue weighted by molar-refractivity contribution is -0.137. The number of nitrogens with two attached hydrogens (primary N) is 1. The maximum atomic E-state index is 13.3. The minimum Gasteiger partial charge on any atom is -0.369 e. The van der Waals surface area contributed by atoms with Crippen LogP contribution in [0.25, 0.3) is 16.7 Å². The molecular weight excluding hydrogens is 305 g/mol. The zero-order chi connectivity index (χ0) is 16.1. The second-order valence-electron chi connectivity index (χ2n) is 4.63. The van der Waals surface area contributed by atoms with Gasteiger partial charge in [-0.05, 0) is 30.3 Å². The number of anilines is 1. The first kappa shape index (κ1) is 14.3. The predicted molar refractivity (Wildman–Crippen MR) is 70.4 cm³/mol. The summed E-state index contributed by atoms with van der Waals surface area (Å²) in [5.74, 6) is -1.91. The number of hydrogen-bond donors (Lipinski definition) is 1. The fourth-order valence-electron chi connectivity index (χ4n) is 2.21. The third-order valence-corrected chi connectivity index (χ3v) is 3.11. The molecule has 8 heteroatoms. The zero-order valence-corrected chi connectivity index (χ0v) is 10.8. The zero-order valence-electron chi connectivity index (χ0n) is 10.8. The average molecular weight is 313 g/mol. The molecule has 0 fully saturated rings. The van der Waals surface area contributed by atoms with E-state index in [0.29, 0.717) is 6.07 Å². The van der Waals surface area contributed by atoms with Crippen molar-refractivity contribution >= 4 is 17.0 Å². The molecule has 114 valence electrons. The van der Waals surface area contributed by atoms with E-state index in [1.165, 1.54) is 0 Å². The molecule has 3 rings (SSSR count). The van der Waals surface area contributed by atoms with Gasteiger partial charge in [0.15, 0.2) is 0 Å². The molecule has 0 atom stereocenters. The van der Waals surface area contributed by atoms with E-state index in [9.17, 15) is 22.0 Å². The SMILES string of the molecule is Nc1nc2ccc(C(F)(F)F)cc2n1-c1cc(F)cc(F)c1. The van der Waals surface area contributed by atoms with Crippen LogP contribution in [0, 0.1) is 11.6 Å². The Hall–Kier alpha value is -2.64. The Kier molecular flexibility index (Phi) is 3.05. The summed E-state index contributed by atoms with van der Waals surface area (Å²) in [5.41, 5.74) is 4.92. The van der Waals surface area contributed by atoms with E-state index in [4.69, 9.17) is 5.73 Å². The molecule has 0 aliphatic heterocycles. The van der Waals surface area contributed by atoms with E-state index in [1.807, 2.05) is 0 Å². The van der Waals surface area contributed by atoms with E-state index in [-0.39, 0.29) is 22.7 Å². The van der Waals surface area contributed by atoms with Gasteiger partial charge < -0.3 is 5.73 Å². The standard InChI is InChI=1S/C14H8F5N3/c15-8-4-9(16)6-10(5-8)22-12-3-7(14(17,18)19)1-2-11(12)21-13(22)20/h1-6H,(H2,20,21). The van der Waals surface area contributed by atoms with E-state index in [1.54, 1.807) is 0 Å². The van der Waals surface area contributed by atoms with Gasteiger partial charge in [0.25, 0.3) is 0 Å². The highest BCUT2D eigenvalue weighted by molar-refractivity contribution is 5.81. The minimum atomic E-state index is -4.55. The largest absolute Gasteiger partial charge is 0.416 e. The van der Waals surface area contributed by atoms with Crippen molar-refractivity contribution in [3.05, 3.63) is 53.6 Å². The van der Waals surface area contributed by atoms with Crippen LogP contribution in [-0.2, 0) is 6.18 Å². The lowest BCUT2D eigenvalue weighted by atomic mass is 10.2. The number of aromatic nitrogens is 2. The van der Waals surface area contributed by atoms with Crippen molar-refractivity contribution in [1.82, 2.24) is 9.55 Å². The molecule has 1 heterocycles. The fourth-order valence-corrected chi connectivity index (χ4v) is 2.21. The number of nitrogen functional groups attached to an aromatic ring is 1. The summed E-state index contributed by atoms with van der Waals surface area (Å²) in [6.07, 6.45) is -4.55. The molecule has 0 saturated carbocycles. The summed E-state index contributed by atoms with van der Waals surface area (Å²) >= 11 is 0. The molecule has 0 unspecified atom stereocenters. The first-order valence-corrected chi connectivity index (χ1v) is 6.07. The van der Waals surface area contributed by atoms with Crippen LogP contribution in [0.15, 0.2) is 36.4 Å². The molecular formula is C14H8F5N3. The molecule has 0 radical (unpaired) electrons. The molecule has 0 spiro atoms. The maximum Gasteiger partial charge on any atom is 0.416 e. The van der Waals surface area contributed by atoms with Crippen molar-refractivity contribution in [3.8, 4) is 5.69 Å². The number of alkyl halides is 3. The van der Waals surface area contributed by atoms with E-state index < -0.39 is 23.4 Å². The van der Waals surface area contributed by atoms with Crippen LogP contribution < -0.4 is 5.73 Å². The summed E-state index contributed by atoms with van der Waals surface area (Å²) in [6.45, 7) is 0. The molecule has 3 nitrogen and oxygen atoms in total. The highest BCUT2D eigenvalue weighted by Gasteiger charge is 2.31. The van der Waals surface area contributed by atoms with Gasteiger partial charge in [-0.25, -0.2) is 13.8 Å². The summed E-state index contributed by atoms with van der Waals surface area (Å²) < 4.78 is 66.1. The molecule has 0 bridgehead atoms. The Morgan fingerprint density at radius 3 is 2.18 bits per heavy atom. The molecule has 0 amide bonds. The first-order chi connectivity index (χ1) is 10.3. The fraction of sp³-hybridized carbons (Fsp3) is 0.0714. The van der Waals surface area contributed by atoms with Gasteiger partial charge >= 0.3 is 6.18 Å². The van der Waals surface area contributed by atoms with Crippen LogP contribution >= 0.6 is 0 Å². The second-order valence-corrected chi connectivity index (χ2v) is 4.63. The number of benzene rings is 2. The number of fused-ring (bicyclic) bond motifs is 1. The van der Waals surface area contributed by atoms with Gasteiger partial charge in [0.1, 0.15) is 11.6 Å². The van der Waals surface area contributed by atoms with Crippen LogP contribution in [0.2, 0.25) is 0 Å². The molecule has 1 aromatic heterocycles. The van der Waals surface area contributed by atoms with Gasteiger partial charge in [0, 0.05) is 6.07 Å². The van der Waals surface area contributed by atoms with Gasteiger partial charge in [-0.2, -0.15) is 13.2 Å². The Morgan fingerprint density at radius 2 is 1.59 bits per heavy atom. The van der Waals surface area contributed by atoms with Crippen molar-refractivity contribution < 1.29 is 22.0 Å². The van der Waals surface area contributed by atoms with Crippen molar-refractivity contribution in [1.29, 1.82) is 0 Å². The van der Waals surface area contributed by atoms with E-state index in [0.717, 1.165) is 34.9 Å². The number of halogens is 5. The highest BCUT2D eigenvalue weighted by atomic mass is 19.4. The van der Waals surface area contributed by atoms with Crippen molar-refractivity contribution in [2.45, 2.75) is 6.18 Å². The molecule has 0 saturated heterocycles. The lowest BCUT2D eigenvalue weighted by Gasteiger charge is -2.09. The van der Waals surface area contributed by atoms with Crippen molar-refractivity contribution in [2.24, 2.45) is 0 Å². The quantitative estimate of drug-likeness (QED) is 0.692. The topological polar surface area (TPSA) is 43.8 Å². The van der Waals surface area contributed by atoms with Crippen LogP contribution in [0.4, 0.5) is 27.9 Å². The van der Waals surface area contributed by atoms with Crippen LogP contribution in [0.3, 0.4) is 0 Å². The van der Waals surface area contributed by atoms with Gasteiger partial charge in [0.05, 0.1) is 22.3 Å². The molecule has 2 N–H and O–H groups in total. The summed E-state index contributed by atoms with van der Waals surface area (Å²) in [4.78, 5) is 3.90. The van der Waals surface area contributed by atoms with E-state index >= 15 is 0 Å². The number of imidazole rings is 1. The summed E-state index contributed by atoms with van der Waals surface area (Å²) in [6, 6.07) is 5.43. The van der Waals surface area contributed by atoms with Crippen molar-refractivity contribution in [2.75, 3.05) is 5.73 Å². The van der Waals surface area contributed by atoms with Crippen LogP contribution in [0.5, 0.6) is 0 Å². The average Bonchev–Trinajstić information content (AvgIpc) is 2.71. The van der Waals surface area contributed by atoms with E-state index in [2.05, 4.69) is 4.98 Å². The summed E-state index contributed by atoms with van der Waals surface area (Å²) in [5, 5.41) is 0. The smallest absolute Gasteiger partial charge is 0.369 e. The van der Waals surface area contributed by atoms with Crippen molar-refractivity contribution in [3.63, 3.8) is 0 Å². The normalized spacial score (nSPS) is 12.0. The minimum absolute atomic E-state index is 0.0114. The molecule has 0 aliphatic rings. The monoisotopic (exact) mass is 313 g/mol. The predicted octanol–water partition coefficient (Wildman–Crippen LogP) is 3.90. The number of nitrogens with zero attached hydrogens (tertiary/aromatic N) is 2. The van der Waals surface area contributed by atoms with Gasteiger partial charge in [-0.3, -0.25) is 4.57 Å². The van der Waals surface area contributed by atoms with Gasteiger partial charge in [0.2, 0.25) is 5.95 Å². The number of hydrogen-bond acceptors (Lipinski definition) is 2. The Morgan fingerprint density at radius 1 is 0.955 bits per heavy atom. The molecule has 2 aromatic carbocycles. The first-order valence-electron chi connectivity index (χ1n) is 6.07. The Labute approximate surface area is 120 Å². The lowest BCUT2D eigenvalue weighted by Crippen LogP contribution is -2.06. The third-order valence-electron chi connectivity index (χ3n) is 3.11. The van der Waals surface area contributed by atoms with Gasteiger partial charge in [-0.1, -0.05) is 0 Å². The Bertz CT molecular complexity index is 847. The summed E-state index contributed by atoms with van der Waals surface area (Å²) in [7, 11) is 0. The van der Waals surface area contributed by atoms with Gasteiger partial charge in [-0.15, -0.1) is 0 Å². The third kappa shape index (κ3) is 2.36. The highest BCUT2D eigenvalue weighted by Crippen LogP contribution is 2.33. The number of rotatable bonds is 1. The van der Waals surface area contributed by atoms with Crippen LogP contribution in [-0.4, -0.2) is 9.55 Å². The van der Waals surface area contributed by atoms with Crippen LogP contribution in [0.1, 0.15) is 5.56 Å². The Balaban J connectivity index is 2.30. The maximum absolute atomic E-state index is 13.3. The molecule has 0 aliphatic carbocycles. The molecule has 3 aromatic rings. The molecule has 22 heavy (non-hydrogen) atoms. The second kappa shape index (κ2) is 4.69.